The maximum atomic E-state index is 14.1. The van der Waals surface area contributed by atoms with E-state index >= 15 is 0 Å². The third-order valence-electron chi connectivity index (χ3n) is 5.76. The highest BCUT2D eigenvalue weighted by atomic mass is 35.5. The number of thiazole rings is 1. The van der Waals surface area contributed by atoms with Crippen molar-refractivity contribution >= 4 is 50.0 Å². The molecule has 2 aromatic heterocycles. The maximum absolute atomic E-state index is 14.1. The van der Waals surface area contributed by atoms with Gasteiger partial charge in [0.2, 0.25) is 5.91 Å². The summed E-state index contributed by atoms with van der Waals surface area (Å²) in [7, 11) is 0. The van der Waals surface area contributed by atoms with Crippen LogP contribution in [0.5, 0.6) is 0 Å². The van der Waals surface area contributed by atoms with Gasteiger partial charge in [0.05, 0.1) is 5.69 Å². The zero-order valence-corrected chi connectivity index (χ0v) is 20.0. The van der Waals surface area contributed by atoms with E-state index in [0.29, 0.717) is 22.2 Å². The van der Waals surface area contributed by atoms with Crippen LogP contribution in [0.15, 0.2) is 27.8 Å². The molecule has 176 valence electrons. The normalized spacial score (nSPS) is 14.7. The number of halogens is 2. The van der Waals surface area contributed by atoms with Crippen LogP contribution in [0, 0.1) is 11.7 Å². The summed E-state index contributed by atoms with van der Waals surface area (Å²) in [5.41, 5.74) is -0.865. The van der Waals surface area contributed by atoms with E-state index in [9.17, 15) is 18.8 Å². The Balaban J connectivity index is 1.73. The van der Waals surface area contributed by atoms with Gasteiger partial charge in [-0.15, -0.1) is 0 Å². The number of carbonyl (C=O) groups excluding carboxylic acids is 1. The first-order valence-electron chi connectivity index (χ1n) is 10.9. The molecule has 1 fully saturated rings. The fraction of sp³-hybridized carbons (Fsp3) is 0.455. The van der Waals surface area contributed by atoms with Gasteiger partial charge < -0.3 is 10.2 Å². The van der Waals surface area contributed by atoms with Gasteiger partial charge in [0.1, 0.15) is 17.1 Å². The van der Waals surface area contributed by atoms with Crippen LogP contribution in [-0.4, -0.2) is 33.1 Å². The number of anilines is 2. The maximum Gasteiger partial charge on any atom is 0.333 e. The molecule has 3 heterocycles. The van der Waals surface area contributed by atoms with Crippen LogP contribution in [0.1, 0.15) is 33.1 Å². The number of hydrogen-bond acceptors (Lipinski definition) is 6. The molecule has 33 heavy (non-hydrogen) atoms. The molecular weight excluding hydrogens is 469 g/mol. The quantitative estimate of drug-likeness (QED) is 0.565. The summed E-state index contributed by atoms with van der Waals surface area (Å²) in [5.74, 6) is -0.658. The van der Waals surface area contributed by atoms with Crippen molar-refractivity contribution < 1.29 is 9.18 Å². The summed E-state index contributed by atoms with van der Waals surface area (Å²) >= 11 is 7.01. The molecule has 0 bridgehead atoms. The van der Waals surface area contributed by atoms with Gasteiger partial charge in [-0.3, -0.25) is 18.7 Å². The molecule has 1 N–H and O–H groups in total. The fourth-order valence-corrected chi connectivity index (χ4v) is 5.12. The van der Waals surface area contributed by atoms with Crippen molar-refractivity contribution in [2.24, 2.45) is 5.92 Å². The van der Waals surface area contributed by atoms with Crippen molar-refractivity contribution in [1.29, 1.82) is 0 Å². The molecule has 8 nitrogen and oxygen atoms in total. The molecule has 1 aliphatic rings. The van der Waals surface area contributed by atoms with Gasteiger partial charge in [0, 0.05) is 24.7 Å². The summed E-state index contributed by atoms with van der Waals surface area (Å²) < 4.78 is 16.8. The van der Waals surface area contributed by atoms with E-state index in [1.54, 1.807) is 0 Å². The summed E-state index contributed by atoms with van der Waals surface area (Å²) in [6.07, 6.45) is 2.63. The Morgan fingerprint density at radius 1 is 1.27 bits per heavy atom. The van der Waals surface area contributed by atoms with Crippen LogP contribution >= 0.6 is 22.9 Å². The van der Waals surface area contributed by atoms with Gasteiger partial charge >= 0.3 is 5.69 Å². The number of carbonyl (C=O) groups is 1. The van der Waals surface area contributed by atoms with Crippen molar-refractivity contribution in [2.75, 3.05) is 23.3 Å². The second-order valence-corrected chi connectivity index (χ2v) is 9.73. The minimum atomic E-state index is -0.681. The number of nitrogens with one attached hydrogen (secondary N) is 1. The predicted octanol–water partition coefficient (Wildman–Crippen LogP) is 3.70. The first-order valence-corrected chi connectivity index (χ1v) is 12.1. The molecular formula is C22H25ClFN5O3S. The van der Waals surface area contributed by atoms with Crippen molar-refractivity contribution in [3.05, 3.63) is 49.9 Å². The first kappa shape index (κ1) is 23.4. The van der Waals surface area contributed by atoms with E-state index in [4.69, 9.17) is 11.6 Å². The SMILES string of the molecule is CCCn1c(=O)c2sc(N3CCC(C)CC3)nc2n(CC(=O)Nc2ccc(Cl)cc2F)c1=O. The zero-order chi connectivity index (χ0) is 23.7. The molecule has 0 unspecified atom stereocenters. The highest BCUT2D eigenvalue weighted by Gasteiger charge is 2.24. The summed E-state index contributed by atoms with van der Waals surface area (Å²) in [4.78, 5) is 45.6. The number of fused-ring (bicyclic) bond motifs is 1. The van der Waals surface area contributed by atoms with Gasteiger partial charge in [-0.2, -0.15) is 0 Å². The number of benzene rings is 1. The molecule has 0 atom stereocenters. The molecule has 0 radical (unpaired) electrons. The van der Waals surface area contributed by atoms with Crippen molar-refractivity contribution in [2.45, 2.75) is 46.2 Å². The molecule has 1 aromatic carbocycles. The summed E-state index contributed by atoms with van der Waals surface area (Å²) in [5, 5.41) is 3.34. The molecule has 11 heteroatoms. The van der Waals surface area contributed by atoms with Gasteiger partial charge in [0.15, 0.2) is 10.8 Å². The lowest BCUT2D eigenvalue weighted by Gasteiger charge is -2.29. The molecule has 3 aromatic rings. The van der Waals surface area contributed by atoms with Crippen molar-refractivity contribution in [3.63, 3.8) is 0 Å². The number of aromatic nitrogens is 3. The van der Waals surface area contributed by atoms with E-state index < -0.39 is 29.5 Å². The average molecular weight is 494 g/mol. The van der Waals surface area contributed by atoms with Crippen LogP contribution in [0.4, 0.5) is 15.2 Å². The Bertz CT molecular complexity index is 1310. The first-order chi connectivity index (χ1) is 15.8. The van der Waals surface area contributed by atoms with E-state index in [2.05, 4.69) is 22.1 Å². The zero-order valence-electron chi connectivity index (χ0n) is 18.4. The minimum absolute atomic E-state index is 0.0445. The monoisotopic (exact) mass is 493 g/mol. The van der Waals surface area contributed by atoms with E-state index in [1.807, 2.05) is 6.92 Å². The van der Waals surface area contributed by atoms with E-state index in [0.717, 1.165) is 36.6 Å². The van der Waals surface area contributed by atoms with Gasteiger partial charge in [-0.05, 0) is 43.4 Å². The van der Waals surface area contributed by atoms with Crippen LogP contribution in [0.2, 0.25) is 5.02 Å². The molecule has 1 amide bonds. The molecule has 1 saturated heterocycles. The molecule has 4 rings (SSSR count). The van der Waals surface area contributed by atoms with E-state index in [1.165, 1.54) is 28.0 Å². The number of nitrogens with zero attached hydrogens (tertiary/aromatic N) is 4. The Labute approximate surface area is 198 Å². The molecule has 0 saturated carbocycles. The standard InChI is InChI=1S/C22H25ClFN5O3S/c1-3-8-28-20(31)18-19(26-21(33-18)27-9-6-13(2)7-10-27)29(22(28)32)12-17(30)25-16-5-4-14(23)11-15(16)24/h4-5,11,13H,3,6-10,12H2,1-2H3,(H,25,30). The Hall–Kier alpha value is -2.72. The highest BCUT2D eigenvalue weighted by molar-refractivity contribution is 7.22. The number of amides is 1. The lowest BCUT2D eigenvalue weighted by atomic mass is 10.00. The minimum Gasteiger partial charge on any atom is -0.348 e. The molecule has 0 aliphatic carbocycles. The topological polar surface area (TPSA) is 89.2 Å². The van der Waals surface area contributed by atoms with Crippen molar-refractivity contribution in [3.8, 4) is 0 Å². The third-order valence-corrected chi connectivity index (χ3v) is 7.09. The van der Waals surface area contributed by atoms with Crippen molar-refractivity contribution in [1.82, 2.24) is 14.1 Å². The van der Waals surface area contributed by atoms with Crippen LogP contribution in [0.3, 0.4) is 0 Å². The Morgan fingerprint density at radius 3 is 2.67 bits per heavy atom. The largest absolute Gasteiger partial charge is 0.348 e. The number of rotatable bonds is 6. The van der Waals surface area contributed by atoms with Gasteiger partial charge in [0.25, 0.3) is 5.56 Å². The second kappa shape index (κ2) is 9.64. The van der Waals surface area contributed by atoms with Crippen LogP contribution in [0.25, 0.3) is 10.3 Å². The van der Waals surface area contributed by atoms with Gasteiger partial charge in [-0.1, -0.05) is 36.8 Å². The fourth-order valence-electron chi connectivity index (χ4n) is 3.89. The Kier molecular flexibility index (Phi) is 6.85. The van der Waals surface area contributed by atoms with Gasteiger partial charge in [-0.25, -0.2) is 14.2 Å². The number of piperidine rings is 1. The lowest BCUT2D eigenvalue weighted by Crippen LogP contribution is -2.41. The van der Waals surface area contributed by atoms with E-state index in [-0.39, 0.29) is 22.9 Å². The second-order valence-electron chi connectivity index (χ2n) is 8.32. The highest BCUT2D eigenvalue weighted by Crippen LogP contribution is 2.29. The van der Waals surface area contributed by atoms with Crippen LogP contribution in [-0.2, 0) is 17.9 Å². The number of hydrogen-bond donors (Lipinski definition) is 1. The lowest BCUT2D eigenvalue weighted by molar-refractivity contribution is -0.116. The average Bonchev–Trinajstić information content (AvgIpc) is 3.22. The smallest absolute Gasteiger partial charge is 0.333 e. The predicted molar refractivity (Wildman–Crippen MR) is 129 cm³/mol. The van der Waals surface area contributed by atoms with Crippen LogP contribution < -0.4 is 21.5 Å². The third kappa shape index (κ3) is 4.81. The summed E-state index contributed by atoms with van der Waals surface area (Å²) in [6, 6.07) is 3.90. The Morgan fingerprint density at radius 2 is 2.00 bits per heavy atom. The molecule has 0 spiro atoms. The molecule has 1 aliphatic heterocycles. The summed E-state index contributed by atoms with van der Waals surface area (Å²) in [6.45, 7) is 5.55.